The Morgan fingerprint density at radius 1 is 1.29 bits per heavy atom. The molecule has 3 atom stereocenters. The number of hydrogen-bond donors (Lipinski definition) is 2. The lowest BCUT2D eigenvalue weighted by atomic mass is 9.95. The summed E-state index contributed by atoms with van der Waals surface area (Å²) in [4.78, 5) is 30.9. The molecule has 1 unspecified atom stereocenters. The van der Waals surface area contributed by atoms with Gasteiger partial charge in [0.2, 0.25) is 0 Å². The van der Waals surface area contributed by atoms with Crippen molar-refractivity contribution < 1.29 is 19.7 Å². The first-order valence-electron chi connectivity index (χ1n) is 12.0. The van der Waals surface area contributed by atoms with E-state index in [9.17, 15) is 19.8 Å². The molecule has 188 valence electrons. The number of fused-ring (bicyclic) bond motifs is 1. The first kappa shape index (κ1) is 25.1. The lowest BCUT2D eigenvalue weighted by Gasteiger charge is -2.30. The topological polar surface area (TPSA) is 110 Å². The lowest BCUT2D eigenvalue weighted by Crippen LogP contribution is -2.42. The van der Waals surface area contributed by atoms with Crippen molar-refractivity contribution in [3.8, 4) is 11.4 Å². The zero-order valence-corrected chi connectivity index (χ0v) is 20.8. The minimum atomic E-state index is -0.991. The fraction of sp³-hybridized carbons (Fsp3) is 0.500. The molecule has 0 saturated carbocycles. The van der Waals surface area contributed by atoms with Crippen LogP contribution in [0.3, 0.4) is 0 Å². The van der Waals surface area contributed by atoms with Crippen LogP contribution in [0.5, 0.6) is 0 Å². The van der Waals surface area contributed by atoms with E-state index < -0.39 is 18.0 Å². The predicted molar refractivity (Wildman–Crippen MR) is 134 cm³/mol. The number of aliphatic hydroxyl groups excluding tert-OH is 1. The van der Waals surface area contributed by atoms with E-state index in [1.54, 1.807) is 18.5 Å². The molecule has 0 bridgehead atoms. The van der Waals surface area contributed by atoms with E-state index in [1.807, 2.05) is 30.5 Å². The number of pyridine rings is 1. The minimum Gasteiger partial charge on any atom is -0.481 e. The molecule has 2 aromatic heterocycles. The number of carboxylic acids is 1. The fourth-order valence-electron chi connectivity index (χ4n) is 4.81. The Morgan fingerprint density at radius 3 is 2.71 bits per heavy atom. The van der Waals surface area contributed by atoms with Crippen molar-refractivity contribution in [2.45, 2.75) is 45.4 Å². The fourth-order valence-corrected chi connectivity index (χ4v) is 4.81. The quantitative estimate of drug-likeness (QED) is 0.506. The molecule has 1 aliphatic rings. The van der Waals surface area contributed by atoms with Crippen LogP contribution in [-0.4, -0.2) is 74.2 Å². The standard InChI is InChI=1S/C26H34N4O5/c1-16-11-19(13-29(4)25(16)32)24-27-22-12-18(5-7-21(17(2)31)26(33)34)6-8-23(22)30(24)15-20-14-28(3)9-10-35-20/h6,8,11-13,17,20-21,31H,5,7,9-10,14-15H2,1-4H3,(H,33,34)/t17-,20?,21+/m1/s1. The molecule has 0 amide bonds. The first-order valence-corrected chi connectivity index (χ1v) is 12.0. The van der Waals surface area contributed by atoms with E-state index in [0.29, 0.717) is 31.6 Å². The SMILES string of the molecule is Cc1cc(-c2nc3cc(CC[C@H](C(=O)O)[C@@H](C)O)ccc3n2CC2CN(C)CCO2)cn(C)c1=O. The van der Waals surface area contributed by atoms with E-state index in [1.165, 1.54) is 6.92 Å². The number of hydrogen-bond acceptors (Lipinski definition) is 6. The molecule has 0 aliphatic carbocycles. The second-order valence-corrected chi connectivity index (χ2v) is 9.68. The van der Waals surface area contributed by atoms with Crippen LogP contribution in [0.4, 0.5) is 0 Å². The lowest BCUT2D eigenvalue weighted by molar-refractivity contribution is -0.145. The Hall–Kier alpha value is -3.01. The van der Waals surface area contributed by atoms with Crippen molar-refractivity contribution in [2.24, 2.45) is 13.0 Å². The maximum Gasteiger partial charge on any atom is 0.309 e. The van der Waals surface area contributed by atoms with Crippen molar-refractivity contribution in [3.63, 3.8) is 0 Å². The van der Waals surface area contributed by atoms with Gasteiger partial charge < -0.3 is 29.0 Å². The summed E-state index contributed by atoms with van der Waals surface area (Å²) in [5.74, 6) is -1.04. The molecule has 35 heavy (non-hydrogen) atoms. The minimum absolute atomic E-state index is 0.0144. The molecule has 0 spiro atoms. The van der Waals surface area contributed by atoms with Crippen molar-refractivity contribution in [1.82, 2.24) is 19.0 Å². The third kappa shape index (κ3) is 5.47. The highest BCUT2D eigenvalue weighted by Crippen LogP contribution is 2.27. The van der Waals surface area contributed by atoms with E-state index in [-0.39, 0.29) is 11.7 Å². The molecule has 9 heteroatoms. The van der Waals surface area contributed by atoms with Crippen LogP contribution in [0.15, 0.2) is 35.3 Å². The second-order valence-electron chi connectivity index (χ2n) is 9.68. The van der Waals surface area contributed by atoms with Crippen LogP contribution >= 0.6 is 0 Å². The first-order chi connectivity index (χ1) is 16.6. The van der Waals surface area contributed by atoms with E-state index in [2.05, 4.69) is 16.5 Å². The number of carbonyl (C=O) groups is 1. The summed E-state index contributed by atoms with van der Waals surface area (Å²) in [7, 11) is 3.83. The van der Waals surface area contributed by atoms with E-state index in [0.717, 1.165) is 41.1 Å². The third-order valence-electron chi connectivity index (χ3n) is 6.80. The molecular formula is C26H34N4O5. The van der Waals surface area contributed by atoms with Crippen molar-refractivity contribution in [3.05, 3.63) is 51.9 Å². The Morgan fingerprint density at radius 2 is 2.06 bits per heavy atom. The summed E-state index contributed by atoms with van der Waals surface area (Å²) < 4.78 is 9.76. The van der Waals surface area contributed by atoms with Crippen molar-refractivity contribution in [1.29, 1.82) is 0 Å². The highest BCUT2D eigenvalue weighted by molar-refractivity contribution is 5.81. The number of nitrogens with zero attached hydrogens (tertiary/aromatic N) is 4. The number of aliphatic hydroxyl groups is 1. The summed E-state index contributed by atoms with van der Waals surface area (Å²) in [6.45, 7) is 6.34. The summed E-state index contributed by atoms with van der Waals surface area (Å²) in [6.07, 6.45) is 1.77. The van der Waals surface area contributed by atoms with Crippen LogP contribution in [0.1, 0.15) is 24.5 Å². The molecule has 9 nitrogen and oxygen atoms in total. The maximum atomic E-state index is 12.3. The summed E-state index contributed by atoms with van der Waals surface area (Å²) >= 11 is 0. The summed E-state index contributed by atoms with van der Waals surface area (Å²) in [6, 6.07) is 7.86. The smallest absolute Gasteiger partial charge is 0.309 e. The van der Waals surface area contributed by atoms with Gasteiger partial charge in [0.1, 0.15) is 5.82 Å². The van der Waals surface area contributed by atoms with Gasteiger partial charge in [0, 0.05) is 37.5 Å². The Balaban J connectivity index is 1.73. The maximum absolute atomic E-state index is 12.3. The molecule has 3 heterocycles. The Labute approximate surface area is 204 Å². The second kappa shape index (κ2) is 10.3. The van der Waals surface area contributed by atoms with Gasteiger partial charge in [-0.15, -0.1) is 0 Å². The molecule has 1 saturated heterocycles. The zero-order valence-electron chi connectivity index (χ0n) is 20.8. The van der Waals surface area contributed by atoms with Gasteiger partial charge in [0.15, 0.2) is 0 Å². The van der Waals surface area contributed by atoms with Crippen LogP contribution in [0.2, 0.25) is 0 Å². The summed E-state index contributed by atoms with van der Waals surface area (Å²) in [5.41, 5.74) is 4.18. The molecule has 3 aromatic rings. The van der Waals surface area contributed by atoms with Gasteiger partial charge in [-0.25, -0.2) is 4.98 Å². The van der Waals surface area contributed by atoms with E-state index >= 15 is 0 Å². The molecule has 2 N–H and O–H groups in total. The number of rotatable bonds is 8. The molecule has 0 radical (unpaired) electrons. The van der Waals surface area contributed by atoms with Gasteiger partial charge in [-0.2, -0.15) is 0 Å². The van der Waals surface area contributed by atoms with Crippen LogP contribution in [0.25, 0.3) is 22.4 Å². The number of imidazole rings is 1. The predicted octanol–water partition coefficient (Wildman–Crippen LogP) is 2.06. The van der Waals surface area contributed by atoms with Gasteiger partial charge in [0.25, 0.3) is 5.56 Å². The van der Waals surface area contributed by atoms with Gasteiger partial charge in [0.05, 0.1) is 42.3 Å². The monoisotopic (exact) mass is 482 g/mol. The van der Waals surface area contributed by atoms with Crippen molar-refractivity contribution in [2.75, 3.05) is 26.7 Å². The van der Waals surface area contributed by atoms with Crippen molar-refractivity contribution >= 4 is 17.0 Å². The summed E-state index contributed by atoms with van der Waals surface area (Å²) in [5, 5.41) is 19.2. The number of aryl methyl sites for hydroxylation is 3. The van der Waals surface area contributed by atoms with Crippen LogP contribution < -0.4 is 5.56 Å². The third-order valence-corrected chi connectivity index (χ3v) is 6.80. The zero-order chi connectivity index (χ0) is 25.3. The molecule has 4 rings (SSSR count). The average molecular weight is 483 g/mol. The normalized spacial score (nSPS) is 18.6. The number of morpholine rings is 1. The van der Waals surface area contributed by atoms with Gasteiger partial charge >= 0.3 is 5.97 Å². The largest absolute Gasteiger partial charge is 0.481 e. The number of likely N-dealkylation sites (N-methyl/N-ethyl adjacent to an activating group) is 1. The number of aromatic nitrogens is 3. The molecule has 1 aliphatic heterocycles. The molecule has 1 fully saturated rings. The molecule has 1 aromatic carbocycles. The van der Waals surface area contributed by atoms with Crippen LogP contribution in [0, 0.1) is 12.8 Å². The van der Waals surface area contributed by atoms with Gasteiger partial charge in [-0.1, -0.05) is 6.07 Å². The van der Waals surface area contributed by atoms with Gasteiger partial charge in [-0.05, 0) is 57.5 Å². The highest BCUT2D eigenvalue weighted by Gasteiger charge is 2.24. The number of aliphatic carboxylic acids is 1. The Bertz CT molecular complexity index is 1250. The highest BCUT2D eigenvalue weighted by atomic mass is 16.5. The molecular weight excluding hydrogens is 448 g/mol. The number of carboxylic acid groups (broad SMARTS) is 1. The Kier molecular flexibility index (Phi) is 7.39. The number of benzene rings is 1. The average Bonchev–Trinajstić information content (AvgIpc) is 3.14. The van der Waals surface area contributed by atoms with E-state index in [4.69, 9.17) is 9.72 Å². The van der Waals surface area contributed by atoms with Gasteiger partial charge in [-0.3, -0.25) is 9.59 Å². The number of ether oxygens (including phenoxy) is 1. The van der Waals surface area contributed by atoms with Crippen LogP contribution in [-0.2, 0) is 29.5 Å².